The zero-order chi connectivity index (χ0) is 19.8. The number of benzene rings is 2. The van der Waals surface area contributed by atoms with Gasteiger partial charge in [-0.1, -0.05) is 54.6 Å². The molecular weight excluding hydrogens is 362 g/mol. The van der Waals surface area contributed by atoms with Crippen LogP contribution in [0.15, 0.2) is 67.0 Å². The van der Waals surface area contributed by atoms with Gasteiger partial charge in [0.2, 0.25) is 0 Å². The SMILES string of the molecule is CN(C)c1cccc(C2(c3ccccc3)C=Cc3c(-n4cnnn4)n[nH]c3C2)c1. The van der Waals surface area contributed by atoms with Crippen LogP contribution in [0.2, 0.25) is 0 Å². The predicted octanol–water partition coefficient (Wildman–Crippen LogP) is 3.01. The third kappa shape index (κ3) is 2.82. The number of hydrogen-bond donors (Lipinski definition) is 1. The molecule has 0 aliphatic heterocycles. The summed E-state index contributed by atoms with van der Waals surface area (Å²) in [5.74, 6) is 0.713. The molecule has 1 N–H and O–H groups in total. The number of aromatic nitrogens is 6. The Morgan fingerprint density at radius 1 is 1.03 bits per heavy atom. The van der Waals surface area contributed by atoms with E-state index in [2.05, 4.69) is 111 Å². The highest BCUT2D eigenvalue weighted by Crippen LogP contribution is 2.42. The molecule has 29 heavy (non-hydrogen) atoms. The van der Waals surface area contributed by atoms with Crippen LogP contribution < -0.4 is 4.90 Å². The van der Waals surface area contributed by atoms with Crippen molar-refractivity contribution in [2.24, 2.45) is 0 Å². The number of hydrogen-bond acceptors (Lipinski definition) is 5. The minimum atomic E-state index is -0.287. The first-order valence-corrected chi connectivity index (χ1v) is 9.51. The summed E-state index contributed by atoms with van der Waals surface area (Å²) in [6.07, 6.45) is 6.75. The summed E-state index contributed by atoms with van der Waals surface area (Å²) in [6.45, 7) is 0. The Morgan fingerprint density at radius 2 is 1.86 bits per heavy atom. The van der Waals surface area contributed by atoms with Crippen molar-refractivity contribution in [2.75, 3.05) is 19.0 Å². The molecule has 7 heteroatoms. The zero-order valence-corrected chi connectivity index (χ0v) is 16.3. The Balaban J connectivity index is 1.67. The molecule has 0 fully saturated rings. The van der Waals surface area contributed by atoms with Gasteiger partial charge in [0.15, 0.2) is 5.82 Å². The van der Waals surface area contributed by atoms with Crippen molar-refractivity contribution in [2.45, 2.75) is 11.8 Å². The second kappa shape index (κ2) is 6.70. The van der Waals surface area contributed by atoms with Crippen LogP contribution in [-0.2, 0) is 11.8 Å². The Labute approximate surface area is 168 Å². The van der Waals surface area contributed by atoms with E-state index in [1.54, 1.807) is 11.0 Å². The molecule has 1 aliphatic rings. The molecule has 0 bridgehead atoms. The van der Waals surface area contributed by atoms with Crippen LogP contribution in [0.3, 0.4) is 0 Å². The van der Waals surface area contributed by atoms with Crippen molar-refractivity contribution in [3.8, 4) is 5.82 Å². The maximum atomic E-state index is 4.47. The molecule has 0 spiro atoms. The van der Waals surface area contributed by atoms with Crippen molar-refractivity contribution in [3.63, 3.8) is 0 Å². The van der Waals surface area contributed by atoms with Crippen LogP contribution in [0.25, 0.3) is 11.9 Å². The minimum absolute atomic E-state index is 0.287. The molecule has 2 aromatic carbocycles. The Hall–Kier alpha value is -3.74. The Kier molecular flexibility index (Phi) is 4.01. The van der Waals surface area contributed by atoms with Crippen LogP contribution in [-0.4, -0.2) is 44.5 Å². The lowest BCUT2D eigenvalue weighted by Crippen LogP contribution is -2.31. The van der Waals surface area contributed by atoms with Gasteiger partial charge in [0.05, 0.1) is 0 Å². The summed E-state index contributed by atoms with van der Waals surface area (Å²) < 4.78 is 1.59. The normalized spacial score (nSPS) is 17.9. The van der Waals surface area contributed by atoms with Crippen LogP contribution >= 0.6 is 0 Å². The molecular formula is C22H21N7. The van der Waals surface area contributed by atoms with Gasteiger partial charge in [-0.25, -0.2) is 0 Å². The fourth-order valence-corrected chi connectivity index (χ4v) is 4.04. The van der Waals surface area contributed by atoms with E-state index in [0.717, 1.165) is 17.7 Å². The number of allylic oxidation sites excluding steroid dienone is 1. The quantitative estimate of drug-likeness (QED) is 0.586. The summed E-state index contributed by atoms with van der Waals surface area (Å²) >= 11 is 0. The van der Waals surface area contributed by atoms with Crippen molar-refractivity contribution in [1.29, 1.82) is 0 Å². The number of nitrogens with one attached hydrogen (secondary N) is 1. The van der Waals surface area contributed by atoms with E-state index in [9.17, 15) is 0 Å². The molecule has 1 atom stereocenters. The van der Waals surface area contributed by atoms with Crippen LogP contribution in [0.5, 0.6) is 0 Å². The van der Waals surface area contributed by atoms with Gasteiger partial charge in [-0.3, -0.25) is 5.10 Å². The van der Waals surface area contributed by atoms with E-state index in [-0.39, 0.29) is 5.41 Å². The first-order valence-electron chi connectivity index (χ1n) is 9.51. The van der Waals surface area contributed by atoms with E-state index in [0.29, 0.717) is 5.82 Å². The number of tetrazole rings is 1. The molecule has 0 radical (unpaired) electrons. The number of nitrogens with zero attached hydrogens (tertiary/aromatic N) is 6. The van der Waals surface area contributed by atoms with Crippen molar-refractivity contribution in [1.82, 2.24) is 30.4 Å². The van der Waals surface area contributed by atoms with Crippen LogP contribution in [0, 0.1) is 0 Å². The molecule has 1 unspecified atom stereocenters. The molecule has 0 amide bonds. The van der Waals surface area contributed by atoms with E-state index in [1.807, 2.05) is 0 Å². The zero-order valence-electron chi connectivity index (χ0n) is 16.3. The number of anilines is 1. The minimum Gasteiger partial charge on any atom is -0.378 e. The van der Waals surface area contributed by atoms with E-state index in [4.69, 9.17) is 0 Å². The molecule has 2 aromatic heterocycles. The van der Waals surface area contributed by atoms with Crippen LogP contribution in [0.4, 0.5) is 5.69 Å². The standard InChI is InChI=1S/C22H21N7/c1-28(2)18-10-6-9-17(13-18)22(16-7-4-3-5-8-16)12-11-19-20(14-22)24-25-21(19)29-15-23-26-27-29/h3-13,15H,14H2,1-2H3,(H,24,25). The molecule has 0 saturated heterocycles. The Bertz CT molecular complexity index is 1160. The lowest BCUT2D eigenvalue weighted by atomic mass is 9.68. The maximum Gasteiger partial charge on any atom is 0.185 e. The molecule has 0 saturated carbocycles. The molecule has 2 heterocycles. The van der Waals surface area contributed by atoms with Gasteiger partial charge in [-0.15, -0.1) is 5.10 Å². The smallest absolute Gasteiger partial charge is 0.185 e. The van der Waals surface area contributed by atoms with Gasteiger partial charge < -0.3 is 4.90 Å². The molecule has 144 valence electrons. The summed E-state index contributed by atoms with van der Waals surface area (Å²) in [5, 5.41) is 19.1. The van der Waals surface area contributed by atoms with Crippen LogP contribution in [0.1, 0.15) is 22.4 Å². The first kappa shape index (κ1) is 17.4. The predicted molar refractivity (Wildman–Crippen MR) is 112 cm³/mol. The fourth-order valence-electron chi connectivity index (χ4n) is 4.04. The molecule has 4 aromatic rings. The summed E-state index contributed by atoms with van der Waals surface area (Å²) in [7, 11) is 4.13. The first-order chi connectivity index (χ1) is 14.2. The third-order valence-corrected chi connectivity index (χ3v) is 5.59. The average molecular weight is 383 g/mol. The lowest BCUT2D eigenvalue weighted by molar-refractivity contribution is 0.620. The number of fused-ring (bicyclic) bond motifs is 1. The summed E-state index contributed by atoms with van der Waals surface area (Å²) in [6, 6.07) is 19.3. The van der Waals surface area contributed by atoms with Gasteiger partial charge in [0.25, 0.3) is 0 Å². The second-order valence-electron chi connectivity index (χ2n) is 7.49. The van der Waals surface area contributed by atoms with Gasteiger partial charge in [0.1, 0.15) is 6.33 Å². The number of H-pyrrole nitrogens is 1. The molecule has 5 rings (SSSR count). The van der Waals surface area contributed by atoms with Crippen molar-refractivity contribution >= 4 is 11.8 Å². The lowest BCUT2D eigenvalue weighted by Gasteiger charge is -2.35. The molecule has 1 aliphatic carbocycles. The second-order valence-corrected chi connectivity index (χ2v) is 7.49. The van der Waals surface area contributed by atoms with E-state index >= 15 is 0 Å². The van der Waals surface area contributed by atoms with Gasteiger partial charge in [-0.05, 0) is 33.7 Å². The monoisotopic (exact) mass is 383 g/mol. The maximum absolute atomic E-state index is 4.47. The van der Waals surface area contributed by atoms with E-state index < -0.39 is 0 Å². The average Bonchev–Trinajstić information content (AvgIpc) is 3.43. The Morgan fingerprint density at radius 3 is 2.62 bits per heavy atom. The van der Waals surface area contributed by atoms with E-state index in [1.165, 1.54) is 16.8 Å². The largest absolute Gasteiger partial charge is 0.378 e. The van der Waals surface area contributed by atoms with Crippen molar-refractivity contribution in [3.05, 3.63) is 89.4 Å². The highest BCUT2D eigenvalue weighted by Gasteiger charge is 2.37. The highest BCUT2D eigenvalue weighted by atomic mass is 15.5. The third-order valence-electron chi connectivity index (χ3n) is 5.59. The number of rotatable bonds is 4. The summed E-state index contributed by atoms with van der Waals surface area (Å²) in [4.78, 5) is 2.13. The van der Waals surface area contributed by atoms with Gasteiger partial charge >= 0.3 is 0 Å². The number of aromatic amines is 1. The van der Waals surface area contributed by atoms with Crippen molar-refractivity contribution < 1.29 is 0 Å². The van der Waals surface area contributed by atoms with Gasteiger partial charge in [0, 0.05) is 42.9 Å². The topological polar surface area (TPSA) is 75.5 Å². The molecule has 7 nitrogen and oxygen atoms in total. The highest BCUT2D eigenvalue weighted by molar-refractivity contribution is 5.68. The fraction of sp³-hybridized carbons (Fsp3) is 0.182. The van der Waals surface area contributed by atoms with Gasteiger partial charge in [-0.2, -0.15) is 9.78 Å². The summed E-state index contributed by atoms with van der Waals surface area (Å²) in [5.41, 5.74) is 5.47.